The lowest BCUT2D eigenvalue weighted by molar-refractivity contribution is 0.102. The van der Waals surface area contributed by atoms with Gasteiger partial charge in [0.2, 0.25) is 6.79 Å². The van der Waals surface area contributed by atoms with E-state index in [2.05, 4.69) is 34.3 Å². The number of ether oxygens (including phenoxy) is 2. The van der Waals surface area contributed by atoms with Crippen LogP contribution in [0.15, 0.2) is 30.3 Å². The second kappa shape index (κ2) is 7.83. The molecule has 0 bridgehead atoms. The van der Waals surface area contributed by atoms with E-state index in [4.69, 9.17) is 9.47 Å². The Bertz CT molecular complexity index is 728. The normalized spacial score (nSPS) is 12.1. The Hall–Kier alpha value is -2.83. The standard InChI is InChI=1S/C18H22N4O3/c1-3-9-22(10-4-2)17-8-6-14(20-21-17)18(23)19-13-5-7-15-16(11-13)25-12-24-15/h5-8,11H,3-4,9-10,12H2,1-2H3,(H,19,23). The molecule has 1 amide bonds. The Kier molecular flexibility index (Phi) is 5.33. The molecule has 1 aliphatic rings. The van der Waals surface area contributed by atoms with Crippen molar-refractivity contribution in [3.8, 4) is 11.5 Å². The fourth-order valence-electron chi connectivity index (χ4n) is 2.67. The maximum Gasteiger partial charge on any atom is 0.276 e. The van der Waals surface area contributed by atoms with Gasteiger partial charge in [0.05, 0.1) is 0 Å². The van der Waals surface area contributed by atoms with Crippen molar-refractivity contribution in [3.63, 3.8) is 0 Å². The first-order chi connectivity index (χ1) is 12.2. The van der Waals surface area contributed by atoms with Gasteiger partial charge in [0.1, 0.15) is 0 Å². The fraction of sp³-hybridized carbons (Fsp3) is 0.389. The highest BCUT2D eigenvalue weighted by Gasteiger charge is 2.16. The first-order valence-corrected chi connectivity index (χ1v) is 8.51. The fourth-order valence-corrected chi connectivity index (χ4v) is 2.67. The Labute approximate surface area is 147 Å². The molecule has 0 aliphatic carbocycles. The minimum absolute atomic E-state index is 0.200. The molecule has 2 heterocycles. The monoisotopic (exact) mass is 342 g/mol. The molecule has 1 aromatic heterocycles. The number of nitrogens with zero attached hydrogens (tertiary/aromatic N) is 3. The molecule has 0 spiro atoms. The number of amides is 1. The van der Waals surface area contributed by atoms with Gasteiger partial charge in [0.25, 0.3) is 5.91 Å². The molecule has 1 N–H and O–H groups in total. The quantitative estimate of drug-likeness (QED) is 0.833. The molecule has 7 nitrogen and oxygen atoms in total. The van der Waals surface area contributed by atoms with Crippen LogP contribution in [0.1, 0.15) is 37.2 Å². The molecule has 0 atom stereocenters. The second-order valence-electron chi connectivity index (χ2n) is 5.79. The van der Waals surface area contributed by atoms with E-state index in [1.807, 2.05) is 6.07 Å². The molecule has 1 aliphatic heterocycles. The molecule has 0 saturated heterocycles. The van der Waals surface area contributed by atoms with Gasteiger partial charge in [0.15, 0.2) is 23.0 Å². The van der Waals surface area contributed by atoms with Crippen LogP contribution in [0.5, 0.6) is 11.5 Å². The van der Waals surface area contributed by atoms with Crippen LogP contribution in [0.4, 0.5) is 11.5 Å². The van der Waals surface area contributed by atoms with Crippen LogP contribution < -0.4 is 19.7 Å². The molecular formula is C18H22N4O3. The number of carbonyl (C=O) groups excluding carboxylic acids is 1. The number of aromatic nitrogens is 2. The molecule has 1 aromatic carbocycles. The average molecular weight is 342 g/mol. The van der Waals surface area contributed by atoms with Gasteiger partial charge in [-0.3, -0.25) is 4.79 Å². The minimum atomic E-state index is -0.310. The Balaban J connectivity index is 1.68. The van der Waals surface area contributed by atoms with Gasteiger partial charge >= 0.3 is 0 Å². The Morgan fingerprint density at radius 2 is 1.84 bits per heavy atom. The first-order valence-electron chi connectivity index (χ1n) is 8.51. The molecule has 25 heavy (non-hydrogen) atoms. The highest BCUT2D eigenvalue weighted by atomic mass is 16.7. The van der Waals surface area contributed by atoms with E-state index < -0.39 is 0 Å². The molecule has 0 unspecified atom stereocenters. The van der Waals surface area contributed by atoms with Crippen LogP contribution in [0.3, 0.4) is 0 Å². The molecule has 7 heteroatoms. The summed E-state index contributed by atoms with van der Waals surface area (Å²) in [6.07, 6.45) is 2.07. The van der Waals surface area contributed by atoms with Crippen LogP contribution in [0, 0.1) is 0 Å². The van der Waals surface area contributed by atoms with Gasteiger partial charge in [-0.25, -0.2) is 0 Å². The summed E-state index contributed by atoms with van der Waals surface area (Å²) >= 11 is 0. The van der Waals surface area contributed by atoms with E-state index in [9.17, 15) is 4.79 Å². The van der Waals surface area contributed by atoms with Crippen molar-refractivity contribution in [1.82, 2.24) is 10.2 Å². The van der Waals surface area contributed by atoms with Gasteiger partial charge in [-0.1, -0.05) is 13.8 Å². The van der Waals surface area contributed by atoms with Gasteiger partial charge in [-0.2, -0.15) is 0 Å². The summed E-state index contributed by atoms with van der Waals surface area (Å²) in [6, 6.07) is 8.79. The summed E-state index contributed by atoms with van der Waals surface area (Å²) in [6.45, 7) is 6.30. The third kappa shape index (κ3) is 3.99. The summed E-state index contributed by atoms with van der Waals surface area (Å²) in [7, 11) is 0. The maximum absolute atomic E-state index is 12.3. The van der Waals surface area contributed by atoms with Gasteiger partial charge < -0.3 is 19.7 Å². The summed E-state index contributed by atoms with van der Waals surface area (Å²) in [5, 5.41) is 11.1. The SMILES string of the molecule is CCCN(CCC)c1ccc(C(=O)Nc2ccc3c(c2)OCO3)nn1. The maximum atomic E-state index is 12.3. The third-order valence-electron chi connectivity index (χ3n) is 3.82. The van der Waals surface area contributed by atoms with Gasteiger partial charge in [-0.15, -0.1) is 10.2 Å². The minimum Gasteiger partial charge on any atom is -0.454 e. The Morgan fingerprint density at radius 1 is 1.08 bits per heavy atom. The average Bonchev–Trinajstić information content (AvgIpc) is 3.09. The van der Waals surface area contributed by atoms with Crippen molar-refractivity contribution in [1.29, 1.82) is 0 Å². The molecule has 0 fully saturated rings. The molecular weight excluding hydrogens is 320 g/mol. The highest BCUT2D eigenvalue weighted by molar-refractivity contribution is 6.03. The zero-order chi connectivity index (χ0) is 17.6. The van der Waals surface area contributed by atoms with E-state index in [1.165, 1.54) is 0 Å². The van der Waals surface area contributed by atoms with Crippen LogP contribution >= 0.6 is 0 Å². The van der Waals surface area contributed by atoms with E-state index >= 15 is 0 Å². The van der Waals surface area contributed by atoms with Crippen LogP contribution in [0.2, 0.25) is 0 Å². The summed E-state index contributed by atoms with van der Waals surface area (Å²) in [5.41, 5.74) is 0.896. The number of benzene rings is 1. The summed E-state index contributed by atoms with van der Waals surface area (Å²) in [4.78, 5) is 14.5. The van der Waals surface area contributed by atoms with Crippen LogP contribution in [-0.4, -0.2) is 36.0 Å². The predicted molar refractivity (Wildman–Crippen MR) is 95.3 cm³/mol. The van der Waals surface area contributed by atoms with E-state index in [0.717, 1.165) is 31.7 Å². The van der Waals surface area contributed by atoms with E-state index in [1.54, 1.807) is 24.3 Å². The van der Waals surface area contributed by atoms with Crippen molar-refractivity contribution >= 4 is 17.4 Å². The zero-order valence-electron chi connectivity index (χ0n) is 14.5. The van der Waals surface area contributed by atoms with Crippen molar-refractivity contribution < 1.29 is 14.3 Å². The summed E-state index contributed by atoms with van der Waals surface area (Å²) in [5.74, 6) is 1.78. The smallest absolute Gasteiger partial charge is 0.276 e. The lowest BCUT2D eigenvalue weighted by atomic mass is 10.2. The van der Waals surface area contributed by atoms with Gasteiger partial charge in [-0.05, 0) is 37.1 Å². The lowest BCUT2D eigenvalue weighted by Crippen LogP contribution is -2.26. The van der Waals surface area contributed by atoms with Crippen molar-refractivity contribution in [2.24, 2.45) is 0 Å². The topological polar surface area (TPSA) is 76.6 Å². The Morgan fingerprint density at radius 3 is 2.52 bits per heavy atom. The number of nitrogens with one attached hydrogen (secondary N) is 1. The number of hydrogen-bond acceptors (Lipinski definition) is 6. The van der Waals surface area contributed by atoms with E-state index in [-0.39, 0.29) is 18.4 Å². The van der Waals surface area contributed by atoms with E-state index in [0.29, 0.717) is 17.2 Å². The van der Waals surface area contributed by atoms with Crippen molar-refractivity contribution in [2.45, 2.75) is 26.7 Å². The number of hydrogen-bond donors (Lipinski definition) is 1. The first kappa shape index (κ1) is 17.0. The third-order valence-corrected chi connectivity index (χ3v) is 3.82. The van der Waals surface area contributed by atoms with Crippen LogP contribution in [0.25, 0.3) is 0 Å². The highest BCUT2D eigenvalue weighted by Crippen LogP contribution is 2.34. The zero-order valence-corrected chi connectivity index (χ0v) is 14.5. The number of anilines is 2. The predicted octanol–water partition coefficient (Wildman–Crippen LogP) is 3.08. The number of rotatable bonds is 7. The molecule has 132 valence electrons. The summed E-state index contributed by atoms with van der Waals surface area (Å²) < 4.78 is 10.6. The number of carbonyl (C=O) groups is 1. The lowest BCUT2D eigenvalue weighted by Gasteiger charge is -2.21. The van der Waals surface area contributed by atoms with Crippen LogP contribution in [-0.2, 0) is 0 Å². The molecule has 0 saturated carbocycles. The van der Waals surface area contributed by atoms with Crippen molar-refractivity contribution in [2.75, 3.05) is 30.1 Å². The molecule has 3 rings (SSSR count). The van der Waals surface area contributed by atoms with Gasteiger partial charge in [0, 0.05) is 24.8 Å². The molecule has 0 radical (unpaired) electrons. The molecule has 2 aromatic rings. The second-order valence-corrected chi connectivity index (χ2v) is 5.79. The largest absolute Gasteiger partial charge is 0.454 e. The number of fused-ring (bicyclic) bond motifs is 1. The van der Waals surface area contributed by atoms with Crippen molar-refractivity contribution in [3.05, 3.63) is 36.0 Å².